The summed E-state index contributed by atoms with van der Waals surface area (Å²) in [4.78, 5) is 19.3. The molecular formula is C25H23FN2O3. The van der Waals surface area contributed by atoms with E-state index in [1.807, 2.05) is 18.2 Å². The zero-order chi connectivity index (χ0) is 21.5. The first-order valence-electron chi connectivity index (χ1n) is 10.5. The van der Waals surface area contributed by atoms with E-state index in [1.165, 1.54) is 25.7 Å². The van der Waals surface area contributed by atoms with Gasteiger partial charge in [-0.15, -0.1) is 0 Å². The highest BCUT2D eigenvalue weighted by molar-refractivity contribution is 5.97. The fourth-order valence-corrected chi connectivity index (χ4v) is 4.40. The van der Waals surface area contributed by atoms with E-state index in [0.29, 0.717) is 28.3 Å². The molecule has 0 N–H and O–H groups in total. The molecular weight excluding hydrogens is 395 g/mol. The summed E-state index contributed by atoms with van der Waals surface area (Å²) in [6, 6.07) is 14.1. The van der Waals surface area contributed by atoms with Gasteiger partial charge in [-0.05, 0) is 74.7 Å². The number of esters is 1. The lowest BCUT2D eigenvalue weighted by atomic mass is 10.0. The Hall–Kier alpha value is -3.41. The van der Waals surface area contributed by atoms with Crippen LogP contribution in [0, 0.1) is 5.82 Å². The normalized spacial score (nSPS) is 16.7. The van der Waals surface area contributed by atoms with Crippen LogP contribution >= 0.6 is 0 Å². The van der Waals surface area contributed by atoms with Crippen molar-refractivity contribution in [3.05, 3.63) is 59.9 Å². The number of nitrogens with zero attached hydrogens (tertiary/aromatic N) is 2. The topological polar surface area (TPSA) is 55.6 Å². The minimum atomic E-state index is -0.377. The van der Waals surface area contributed by atoms with Gasteiger partial charge < -0.3 is 14.1 Å². The molecule has 5 rings (SSSR count). The summed E-state index contributed by atoms with van der Waals surface area (Å²) in [7, 11) is 1.37. The molecule has 0 amide bonds. The van der Waals surface area contributed by atoms with Gasteiger partial charge in [-0.2, -0.15) is 0 Å². The molecule has 2 aromatic carbocycles. The van der Waals surface area contributed by atoms with Crippen molar-refractivity contribution in [1.29, 1.82) is 0 Å². The van der Waals surface area contributed by atoms with Crippen LogP contribution < -0.4 is 4.90 Å². The molecule has 4 aromatic rings. The Morgan fingerprint density at radius 1 is 1.13 bits per heavy atom. The maximum absolute atomic E-state index is 13.7. The number of piperidine rings is 1. The minimum absolute atomic E-state index is 0.300. The number of methoxy groups -OCH3 is 1. The summed E-state index contributed by atoms with van der Waals surface area (Å²) in [6.45, 7) is 3.14. The Balaban J connectivity index is 1.72. The highest BCUT2D eigenvalue weighted by Crippen LogP contribution is 2.38. The van der Waals surface area contributed by atoms with E-state index in [9.17, 15) is 9.18 Å². The number of carbonyl (C=O) groups is 1. The lowest BCUT2D eigenvalue weighted by Crippen LogP contribution is -2.37. The predicted octanol–water partition coefficient (Wildman–Crippen LogP) is 5.95. The van der Waals surface area contributed by atoms with Crippen LogP contribution in [0.15, 0.2) is 52.9 Å². The second kappa shape index (κ2) is 7.69. The molecule has 6 heteroatoms. The average Bonchev–Trinajstić information content (AvgIpc) is 3.20. The van der Waals surface area contributed by atoms with Gasteiger partial charge in [-0.3, -0.25) is 0 Å². The molecule has 0 saturated carbocycles. The predicted molar refractivity (Wildman–Crippen MR) is 119 cm³/mol. The molecule has 1 aliphatic rings. The smallest absolute Gasteiger partial charge is 0.337 e. The van der Waals surface area contributed by atoms with Gasteiger partial charge in [0.2, 0.25) is 0 Å². The molecule has 1 saturated heterocycles. The van der Waals surface area contributed by atoms with Gasteiger partial charge in [0.15, 0.2) is 5.76 Å². The molecule has 1 fully saturated rings. The first-order valence-corrected chi connectivity index (χ1v) is 10.5. The van der Waals surface area contributed by atoms with Crippen molar-refractivity contribution in [3.8, 4) is 11.5 Å². The number of pyridine rings is 1. The number of anilines is 1. The Morgan fingerprint density at radius 3 is 2.81 bits per heavy atom. The van der Waals surface area contributed by atoms with E-state index in [1.54, 1.807) is 12.1 Å². The summed E-state index contributed by atoms with van der Waals surface area (Å²) < 4.78 is 24.7. The van der Waals surface area contributed by atoms with Gasteiger partial charge in [0.25, 0.3) is 0 Å². The zero-order valence-electron chi connectivity index (χ0n) is 17.5. The summed E-state index contributed by atoms with van der Waals surface area (Å²) in [5.41, 5.74) is 3.55. The molecule has 0 spiro atoms. The van der Waals surface area contributed by atoms with Gasteiger partial charge in [0, 0.05) is 23.4 Å². The van der Waals surface area contributed by atoms with E-state index < -0.39 is 0 Å². The third kappa shape index (κ3) is 3.52. The third-order valence-electron chi connectivity index (χ3n) is 6.04. The van der Waals surface area contributed by atoms with Crippen molar-refractivity contribution in [1.82, 2.24) is 4.98 Å². The number of fused-ring (bicyclic) bond motifs is 2. The number of halogens is 1. The fourth-order valence-electron chi connectivity index (χ4n) is 4.40. The number of hydrogen-bond acceptors (Lipinski definition) is 5. The summed E-state index contributed by atoms with van der Waals surface area (Å²) in [5, 5.41) is 1.57. The van der Waals surface area contributed by atoms with Crippen molar-refractivity contribution >= 4 is 33.5 Å². The number of hydrogen-bond donors (Lipinski definition) is 0. The second-order valence-electron chi connectivity index (χ2n) is 8.09. The fraction of sp³-hybridized carbons (Fsp3) is 0.280. The van der Waals surface area contributed by atoms with Crippen LogP contribution in [-0.4, -0.2) is 30.6 Å². The Morgan fingerprint density at radius 2 is 2.00 bits per heavy atom. The number of furan rings is 1. The lowest BCUT2D eigenvalue weighted by molar-refractivity contribution is 0.0601. The molecule has 0 bridgehead atoms. The number of rotatable bonds is 3. The molecule has 0 aliphatic carbocycles. The molecule has 158 valence electrons. The molecule has 5 nitrogen and oxygen atoms in total. The molecule has 1 aliphatic heterocycles. The Kier molecular flexibility index (Phi) is 4.85. The van der Waals surface area contributed by atoms with Crippen molar-refractivity contribution in [2.45, 2.75) is 32.2 Å². The van der Waals surface area contributed by atoms with Crippen LogP contribution in [0.4, 0.5) is 10.1 Å². The van der Waals surface area contributed by atoms with E-state index in [-0.39, 0.29) is 11.8 Å². The monoisotopic (exact) mass is 418 g/mol. The standard InChI is InChI=1S/C25H23FN2O3/c1-15-5-3-4-10-28(15)21-13-17-11-16(25(29)30-2)6-8-20(17)27-24(21)23-14-18-12-19(26)7-9-22(18)31-23/h6-9,11-15H,3-5,10H2,1-2H3/t15-/m0/s1. The van der Waals surface area contributed by atoms with Crippen molar-refractivity contribution < 1.29 is 18.3 Å². The minimum Gasteiger partial charge on any atom is -0.465 e. The van der Waals surface area contributed by atoms with Crippen LogP contribution in [0.1, 0.15) is 36.5 Å². The average molecular weight is 418 g/mol. The summed E-state index contributed by atoms with van der Waals surface area (Å²) in [6.07, 6.45) is 3.41. The maximum Gasteiger partial charge on any atom is 0.337 e. The van der Waals surface area contributed by atoms with Crippen molar-refractivity contribution in [2.24, 2.45) is 0 Å². The van der Waals surface area contributed by atoms with E-state index in [0.717, 1.165) is 41.7 Å². The molecule has 3 heterocycles. The van der Waals surface area contributed by atoms with Crippen LogP contribution in [-0.2, 0) is 4.74 Å². The summed E-state index contributed by atoms with van der Waals surface area (Å²) in [5.74, 6) is -0.0722. The lowest BCUT2D eigenvalue weighted by Gasteiger charge is -2.36. The highest BCUT2D eigenvalue weighted by atomic mass is 19.1. The summed E-state index contributed by atoms with van der Waals surface area (Å²) >= 11 is 0. The number of aromatic nitrogens is 1. The largest absolute Gasteiger partial charge is 0.465 e. The van der Waals surface area contributed by atoms with Gasteiger partial charge in [-0.1, -0.05) is 0 Å². The zero-order valence-corrected chi connectivity index (χ0v) is 17.5. The molecule has 0 unspecified atom stereocenters. The second-order valence-corrected chi connectivity index (χ2v) is 8.09. The third-order valence-corrected chi connectivity index (χ3v) is 6.04. The number of ether oxygens (including phenoxy) is 1. The number of carbonyl (C=O) groups excluding carboxylic acids is 1. The van der Waals surface area contributed by atoms with Gasteiger partial charge in [0.1, 0.15) is 17.1 Å². The van der Waals surface area contributed by atoms with Crippen LogP contribution in [0.5, 0.6) is 0 Å². The highest BCUT2D eigenvalue weighted by Gasteiger charge is 2.25. The molecule has 2 aromatic heterocycles. The van der Waals surface area contributed by atoms with Gasteiger partial charge in [0.05, 0.1) is 23.9 Å². The Bertz CT molecular complexity index is 1300. The van der Waals surface area contributed by atoms with Crippen LogP contribution in [0.3, 0.4) is 0 Å². The quantitative estimate of drug-likeness (QED) is 0.385. The first kappa shape index (κ1) is 19.5. The maximum atomic E-state index is 13.7. The van der Waals surface area contributed by atoms with Crippen molar-refractivity contribution in [2.75, 3.05) is 18.6 Å². The van der Waals surface area contributed by atoms with Crippen LogP contribution in [0.2, 0.25) is 0 Å². The SMILES string of the molecule is COC(=O)c1ccc2nc(-c3cc4cc(F)ccc4o3)c(N3CCCC[C@@H]3C)cc2c1. The van der Waals surface area contributed by atoms with Crippen LogP contribution in [0.25, 0.3) is 33.3 Å². The number of benzene rings is 2. The van der Waals surface area contributed by atoms with Gasteiger partial charge >= 0.3 is 5.97 Å². The van der Waals surface area contributed by atoms with Gasteiger partial charge in [-0.25, -0.2) is 14.2 Å². The van der Waals surface area contributed by atoms with Crippen molar-refractivity contribution in [3.63, 3.8) is 0 Å². The molecule has 31 heavy (non-hydrogen) atoms. The van der Waals surface area contributed by atoms with E-state index >= 15 is 0 Å². The van der Waals surface area contributed by atoms with E-state index in [2.05, 4.69) is 17.9 Å². The van der Waals surface area contributed by atoms with E-state index in [4.69, 9.17) is 14.1 Å². The molecule has 1 atom stereocenters. The molecule has 0 radical (unpaired) electrons. The first-order chi connectivity index (χ1) is 15.0. The Labute approximate surface area is 179 Å².